The van der Waals surface area contributed by atoms with Crippen LogP contribution in [-0.2, 0) is 6.54 Å². The molecule has 0 saturated carbocycles. The maximum atomic E-state index is 7.45. The molecule has 70 heavy (non-hydrogen) atoms. The zero-order valence-corrected chi connectivity index (χ0v) is 41.5. The molecule has 4 bridgehead atoms. The number of hydrogen-bond acceptors (Lipinski definition) is 9. The number of aromatic nitrogens is 4. The summed E-state index contributed by atoms with van der Waals surface area (Å²) in [6.07, 6.45) is 10.1. The summed E-state index contributed by atoms with van der Waals surface area (Å²) in [6, 6.07) is 41.1. The number of rotatable bonds is 14. The van der Waals surface area contributed by atoms with Gasteiger partial charge in [0.2, 0.25) is 11.8 Å². The van der Waals surface area contributed by atoms with Crippen LogP contribution in [0.4, 0.5) is 0 Å². The smallest absolute Gasteiger partial charge is 0.234 e. The fraction of sp³-hybridized carbons (Fsp3) is 0.390. The number of halogens is 1. The highest BCUT2D eigenvalue weighted by molar-refractivity contribution is 6.02. The molecular formula is C59H63ClN6O4. The van der Waals surface area contributed by atoms with Crippen molar-refractivity contribution in [1.29, 1.82) is 0 Å². The molecule has 360 valence electrons. The Balaban J connectivity index is 0.00000533. The summed E-state index contributed by atoms with van der Waals surface area (Å²) in [4.78, 5) is 12.3. The minimum atomic E-state index is -0.353. The Morgan fingerprint density at radius 1 is 0.629 bits per heavy atom. The highest BCUT2D eigenvalue weighted by atomic mass is 35.5. The molecule has 10 nitrogen and oxygen atoms in total. The fourth-order valence-corrected chi connectivity index (χ4v) is 13.6. The zero-order chi connectivity index (χ0) is 46.6. The van der Waals surface area contributed by atoms with Crippen molar-refractivity contribution in [3.63, 3.8) is 0 Å². The van der Waals surface area contributed by atoms with E-state index in [4.69, 9.17) is 39.1 Å². The Labute approximate surface area is 417 Å². The van der Waals surface area contributed by atoms with Crippen LogP contribution in [-0.4, -0.2) is 82.0 Å². The molecule has 11 heteroatoms. The molecule has 0 amide bonds. The fourth-order valence-electron chi connectivity index (χ4n) is 13.6. The quantitative estimate of drug-likeness (QED) is 0.0783. The minimum absolute atomic E-state index is 0. The van der Waals surface area contributed by atoms with Crippen LogP contribution in [0, 0.1) is 23.7 Å². The van der Waals surface area contributed by atoms with Crippen LogP contribution in [0.25, 0.3) is 43.4 Å². The van der Waals surface area contributed by atoms with Gasteiger partial charge in [-0.2, -0.15) is 0 Å². The molecule has 6 aliphatic rings. The number of piperidine rings is 6. The maximum absolute atomic E-state index is 7.45. The summed E-state index contributed by atoms with van der Waals surface area (Å²) in [7, 11) is 3.44. The molecule has 0 aliphatic carbocycles. The van der Waals surface area contributed by atoms with E-state index in [2.05, 4.69) is 104 Å². The van der Waals surface area contributed by atoms with E-state index in [0.717, 1.165) is 94.5 Å². The number of hydrogen-bond donors (Lipinski definition) is 0. The van der Waals surface area contributed by atoms with Crippen molar-refractivity contribution in [2.45, 2.75) is 83.2 Å². The van der Waals surface area contributed by atoms with E-state index in [0.29, 0.717) is 35.4 Å². The number of methoxy groups -OCH3 is 2. The first-order valence-electron chi connectivity index (χ1n) is 25.4. The lowest BCUT2D eigenvalue weighted by atomic mass is 9.70. The number of benzene rings is 5. The lowest BCUT2D eigenvalue weighted by molar-refractivity contribution is -0.985. The SMILES string of the molecule is CC[C@H]1CN2CC[C@H]1C[C@H]2[C@@H](Oc1ccc(O[C@@H](c2ccnc3ccc(OC)cc23)[C@@H]2C[C@@H]3CC[N+]2(Cc2c4ccccc4cc4ccccc24)C[C@@H]3CC)nn1)c1ccnc2ccc(OC)cc12.[Cl-]. The Bertz CT molecular complexity index is 3120. The maximum Gasteiger partial charge on any atom is 0.234 e. The molecule has 0 spiro atoms. The van der Waals surface area contributed by atoms with Gasteiger partial charge in [0.05, 0.1) is 44.4 Å². The minimum Gasteiger partial charge on any atom is -1.00 e. The summed E-state index contributed by atoms with van der Waals surface area (Å²) < 4.78 is 27.1. The van der Waals surface area contributed by atoms with E-state index in [1.165, 1.54) is 52.8 Å². The highest BCUT2D eigenvalue weighted by Crippen LogP contribution is 2.51. The van der Waals surface area contributed by atoms with E-state index in [9.17, 15) is 0 Å². The van der Waals surface area contributed by atoms with Crippen molar-refractivity contribution in [1.82, 2.24) is 25.1 Å². The van der Waals surface area contributed by atoms with Crippen molar-refractivity contribution in [2.24, 2.45) is 23.7 Å². The molecule has 2 unspecified atom stereocenters. The van der Waals surface area contributed by atoms with Gasteiger partial charge in [-0.3, -0.25) is 14.9 Å². The van der Waals surface area contributed by atoms with E-state index < -0.39 is 0 Å². The summed E-state index contributed by atoms with van der Waals surface area (Å²) in [5, 5.41) is 17.1. The summed E-state index contributed by atoms with van der Waals surface area (Å²) in [5.41, 5.74) is 5.44. The second-order valence-corrected chi connectivity index (χ2v) is 20.5. The number of ether oxygens (including phenoxy) is 4. The molecule has 14 rings (SSSR count). The summed E-state index contributed by atoms with van der Waals surface area (Å²) in [5.74, 6) is 5.17. The Kier molecular flexibility index (Phi) is 12.7. The van der Waals surface area contributed by atoms with Gasteiger partial charge in [0, 0.05) is 77.3 Å². The van der Waals surface area contributed by atoms with Gasteiger partial charge in [0.1, 0.15) is 30.2 Å². The number of fused-ring (bicyclic) bond motifs is 10. The zero-order valence-electron chi connectivity index (χ0n) is 40.7. The van der Waals surface area contributed by atoms with Gasteiger partial charge < -0.3 is 35.8 Å². The van der Waals surface area contributed by atoms with Gasteiger partial charge in [-0.05, 0) is 120 Å². The van der Waals surface area contributed by atoms with Crippen molar-refractivity contribution < 1.29 is 35.8 Å². The molecule has 8 aromatic rings. The summed E-state index contributed by atoms with van der Waals surface area (Å²) in [6.45, 7) is 9.98. The third-order valence-electron chi connectivity index (χ3n) is 17.2. The lowest BCUT2D eigenvalue weighted by Crippen LogP contribution is -3.00. The molecule has 3 aromatic heterocycles. The summed E-state index contributed by atoms with van der Waals surface area (Å²) >= 11 is 0. The topological polar surface area (TPSA) is 91.7 Å². The third-order valence-corrected chi connectivity index (χ3v) is 17.2. The second kappa shape index (κ2) is 19.3. The normalized spacial score (nSPS) is 25.7. The van der Waals surface area contributed by atoms with Crippen LogP contribution in [0.1, 0.15) is 81.3 Å². The number of pyridine rings is 2. The van der Waals surface area contributed by atoms with Gasteiger partial charge in [-0.15, -0.1) is 10.2 Å². The van der Waals surface area contributed by atoms with E-state index in [1.54, 1.807) is 14.2 Å². The Morgan fingerprint density at radius 3 is 1.79 bits per heavy atom. The predicted molar refractivity (Wildman–Crippen MR) is 273 cm³/mol. The number of quaternary nitrogens is 1. The average Bonchev–Trinajstić information content (AvgIpc) is 3.41. The predicted octanol–water partition coefficient (Wildman–Crippen LogP) is 9.10. The number of nitrogens with zero attached hydrogens (tertiary/aromatic N) is 6. The van der Waals surface area contributed by atoms with Gasteiger partial charge >= 0.3 is 0 Å². The average molecular weight is 956 g/mol. The van der Waals surface area contributed by atoms with Gasteiger partial charge in [-0.1, -0.05) is 68.8 Å². The third kappa shape index (κ3) is 8.25. The molecule has 0 N–H and O–H groups in total. The van der Waals surface area contributed by atoms with Crippen LogP contribution in [0.5, 0.6) is 23.3 Å². The van der Waals surface area contributed by atoms with Gasteiger partial charge in [0.15, 0.2) is 6.10 Å². The second-order valence-electron chi connectivity index (χ2n) is 20.5. The van der Waals surface area contributed by atoms with E-state index in [1.807, 2.05) is 42.7 Å². The molecule has 6 saturated heterocycles. The van der Waals surface area contributed by atoms with Crippen molar-refractivity contribution in [2.75, 3.05) is 40.4 Å². The monoisotopic (exact) mass is 954 g/mol. The van der Waals surface area contributed by atoms with Crippen molar-refractivity contribution in [3.05, 3.63) is 144 Å². The first-order chi connectivity index (χ1) is 33.9. The molecular weight excluding hydrogens is 892 g/mol. The first kappa shape index (κ1) is 46.3. The lowest BCUT2D eigenvalue weighted by Gasteiger charge is -2.59. The molecule has 9 heterocycles. The Hall–Kier alpha value is -6.07. The Morgan fingerprint density at radius 2 is 1.21 bits per heavy atom. The molecule has 6 aliphatic heterocycles. The van der Waals surface area contributed by atoms with E-state index in [-0.39, 0.29) is 36.7 Å². The van der Waals surface area contributed by atoms with Crippen LogP contribution in [0.3, 0.4) is 0 Å². The largest absolute Gasteiger partial charge is 1.00 e. The van der Waals surface area contributed by atoms with Crippen LogP contribution < -0.4 is 31.4 Å². The van der Waals surface area contributed by atoms with Crippen molar-refractivity contribution in [3.8, 4) is 23.3 Å². The van der Waals surface area contributed by atoms with Crippen LogP contribution >= 0.6 is 0 Å². The van der Waals surface area contributed by atoms with Gasteiger partial charge in [0.25, 0.3) is 0 Å². The molecule has 10 atom stereocenters. The highest BCUT2D eigenvalue weighted by Gasteiger charge is 2.56. The van der Waals surface area contributed by atoms with Crippen LogP contribution in [0.2, 0.25) is 0 Å². The van der Waals surface area contributed by atoms with Crippen LogP contribution in [0.15, 0.2) is 128 Å². The van der Waals surface area contributed by atoms with Crippen molar-refractivity contribution >= 4 is 43.4 Å². The molecule has 6 fully saturated rings. The molecule has 0 radical (unpaired) electrons. The van der Waals surface area contributed by atoms with E-state index >= 15 is 0 Å². The standard InChI is InChI=1S/C59H63N6O4.ClH/c1-5-37-34-64-27-23-39(37)30-54(64)58(47-21-25-60-52-17-15-43(66-3)32-49(47)52)68-56-19-20-57(63-62-56)69-59(48-22-26-61-53-18-16-44(67-4)33-50(48)53)55-31-40-24-28-65(55,35-38(40)6-2)36-51-45-13-9-7-11-41(45)29-42-12-8-10-14-46(42)51;/h7-22,25-26,29,32-33,37-40,54-55,58-59H,5-6,23-24,27-28,30-31,34-36H2,1-4H3;1H/q+1;/p-1/t37-,38-,39-,40-,54-,55-,58-,59-,65?;/m0./s1. The molecule has 5 aromatic carbocycles. The van der Waals surface area contributed by atoms with Gasteiger partial charge in [-0.25, -0.2) is 0 Å². The first-order valence-corrected chi connectivity index (χ1v) is 25.4.